The molecule has 0 fully saturated rings. The van der Waals surface area contributed by atoms with E-state index in [1.807, 2.05) is 6.07 Å². The molecule has 0 atom stereocenters. The van der Waals surface area contributed by atoms with Gasteiger partial charge in [-0.25, -0.2) is 4.98 Å². The maximum absolute atomic E-state index is 8.68. The van der Waals surface area contributed by atoms with Crippen LogP contribution in [0.3, 0.4) is 0 Å². The van der Waals surface area contributed by atoms with E-state index in [-0.39, 0.29) is 0 Å². The summed E-state index contributed by atoms with van der Waals surface area (Å²) in [5.41, 5.74) is 0.338. The second-order valence-electron chi connectivity index (χ2n) is 3.54. The van der Waals surface area contributed by atoms with Crippen LogP contribution in [0.4, 0.5) is 0 Å². The number of hydrogen-bond donors (Lipinski definition) is 0. The van der Waals surface area contributed by atoms with Crippen LogP contribution in [0.2, 0.25) is 0 Å². The third-order valence-electron chi connectivity index (χ3n) is 2.12. The molecule has 0 aromatic carbocycles. The molecule has 1 aromatic heterocycles. The van der Waals surface area contributed by atoms with Crippen molar-refractivity contribution in [1.82, 2.24) is 4.98 Å². The molecule has 104 valence electrons. The minimum absolute atomic E-state index is 0.338. The highest BCUT2D eigenvalue weighted by Crippen LogP contribution is 2.06. The summed E-state index contributed by atoms with van der Waals surface area (Å²) in [6.07, 6.45) is 0. The predicted molar refractivity (Wildman–Crippen MR) is 68.0 cm³/mol. The van der Waals surface area contributed by atoms with Crippen molar-refractivity contribution >= 4 is 0 Å². The molecule has 0 spiro atoms. The quantitative estimate of drug-likeness (QED) is 0.588. The maximum Gasteiger partial charge on any atom is 0.214 e. The first-order chi connectivity index (χ1) is 9.36. The number of pyridine rings is 1. The van der Waals surface area contributed by atoms with E-state index < -0.39 is 0 Å². The number of aromatic nitrogens is 1. The van der Waals surface area contributed by atoms with Gasteiger partial charge in [-0.3, -0.25) is 0 Å². The first-order valence-electron chi connectivity index (χ1n) is 6.01. The standard InChI is InChI=1S/C13H18N2O4/c1-16-5-6-17-7-8-18-9-10-19-13-4-2-3-12(11-14)15-13/h2-4H,5-10H2,1H3. The molecule has 0 radical (unpaired) electrons. The molecule has 0 saturated carbocycles. The van der Waals surface area contributed by atoms with Gasteiger partial charge in [-0.2, -0.15) is 5.26 Å². The lowest BCUT2D eigenvalue weighted by atomic mass is 10.4. The second kappa shape index (κ2) is 10.3. The monoisotopic (exact) mass is 266 g/mol. The van der Waals surface area contributed by atoms with Gasteiger partial charge >= 0.3 is 0 Å². The summed E-state index contributed by atoms with van der Waals surface area (Å²) >= 11 is 0. The molecule has 1 aromatic rings. The zero-order valence-electron chi connectivity index (χ0n) is 11.0. The molecule has 0 amide bonds. The molecule has 0 aliphatic rings. The molecule has 0 aliphatic heterocycles. The minimum atomic E-state index is 0.338. The van der Waals surface area contributed by atoms with Crippen LogP contribution in [-0.4, -0.2) is 51.7 Å². The largest absolute Gasteiger partial charge is 0.475 e. The summed E-state index contributed by atoms with van der Waals surface area (Å²) < 4.78 is 20.7. The Bertz CT molecular complexity index is 392. The third-order valence-corrected chi connectivity index (χ3v) is 2.12. The molecule has 0 unspecified atom stereocenters. The van der Waals surface area contributed by atoms with E-state index in [1.165, 1.54) is 0 Å². The Morgan fingerprint density at radius 1 is 1.05 bits per heavy atom. The highest BCUT2D eigenvalue weighted by Gasteiger charge is 1.97. The van der Waals surface area contributed by atoms with Crippen LogP contribution in [0.25, 0.3) is 0 Å². The van der Waals surface area contributed by atoms with Crippen LogP contribution in [0.5, 0.6) is 5.88 Å². The van der Waals surface area contributed by atoms with Crippen LogP contribution >= 0.6 is 0 Å². The predicted octanol–water partition coefficient (Wildman–Crippen LogP) is 1.01. The number of ether oxygens (including phenoxy) is 4. The average molecular weight is 266 g/mol. The second-order valence-corrected chi connectivity index (χ2v) is 3.54. The number of hydrogen-bond acceptors (Lipinski definition) is 6. The lowest BCUT2D eigenvalue weighted by Gasteiger charge is -2.07. The molecule has 0 saturated heterocycles. The fourth-order valence-corrected chi connectivity index (χ4v) is 1.23. The van der Waals surface area contributed by atoms with Gasteiger partial charge in [-0.05, 0) is 6.07 Å². The smallest absolute Gasteiger partial charge is 0.214 e. The van der Waals surface area contributed by atoms with Gasteiger partial charge in [0.1, 0.15) is 18.4 Å². The molecule has 19 heavy (non-hydrogen) atoms. The summed E-state index contributed by atoms with van der Waals surface area (Å²) in [6.45, 7) is 3.04. The fraction of sp³-hybridized carbons (Fsp3) is 0.538. The molecular weight excluding hydrogens is 248 g/mol. The van der Waals surface area contributed by atoms with Crippen molar-refractivity contribution in [2.45, 2.75) is 0 Å². The number of rotatable bonds is 10. The summed E-state index contributed by atoms with van der Waals surface area (Å²) in [4.78, 5) is 3.98. The first kappa shape index (κ1) is 15.4. The van der Waals surface area contributed by atoms with E-state index in [2.05, 4.69) is 4.98 Å². The Balaban J connectivity index is 2.00. The van der Waals surface area contributed by atoms with Crippen molar-refractivity contribution in [1.29, 1.82) is 5.26 Å². The summed E-state index contributed by atoms with van der Waals surface area (Å²) in [5, 5.41) is 8.68. The first-order valence-corrected chi connectivity index (χ1v) is 6.01. The van der Waals surface area contributed by atoms with Crippen molar-refractivity contribution in [3.05, 3.63) is 23.9 Å². The lowest BCUT2D eigenvalue weighted by molar-refractivity contribution is 0.0176. The maximum atomic E-state index is 8.68. The minimum Gasteiger partial charge on any atom is -0.475 e. The molecule has 1 rings (SSSR count). The van der Waals surface area contributed by atoms with Crippen molar-refractivity contribution < 1.29 is 18.9 Å². The zero-order valence-corrected chi connectivity index (χ0v) is 11.0. The summed E-state index contributed by atoms with van der Waals surface area (Å²) in [5.74, 6) is 0.430. The van der Waals surface area contributed by atoms with Crippen molar-refractivity contribution in [3.63, 3.8) is 0 Å². The van der Waals surface area contributed by atoms with Gasteiger partial charge in [0.05, 0.1) is 33.0 Å². The zero-order chi connectivity index (χ0) is 13.8. The normalized spacial score (nSPS) is 10.1. The Morgan fingerprint density at radius 2 is 1.74 bits per heavy atom. The van der Waals surface area contributed by atoms with Crippen molar-refractivity contribution in [2.24, 2.45) is 0 Å². The molecule has 6 nitrogen and oxygen atoms in total. The number of nitrogens with zero attached hydrogens (tertiary/aromatic N) is 2. The summed E-state index contributed by atoms with van der Waals surface area (Å²) in [6, 6.07) is 7.01. The van der Waals surface area contributed by atoms with Crippen LogP contribution in [0.15, 0.2) is 18.2 Å². The van der Waals surface area contributed by atoms with Gasteiger partial charge < -0.3 is 18.9 Å². The SMILES string of the molecule is COCCOCCOCCOc1cccc(C#N)n1. The average Bonchev–Trinajstić information content (AvgIpc) is 2.46. The molecule has 0 bridgehead atoms. The highest BCUT2D eigenvalue weighted by molar-refractivity contribution is 5.24. The summed E-state index contributed by atoms with van der Waals surface area (Å²) in [7, 11) is 1.63. The molecular formula is C13H18N2O4. The van der Waals surface area contributed by atoms with E-state index in [1.54, 1.807) is 25.3 Å². The van der Waals surface area contributed by atoms with Crippen molar-refractivity contribution in [2.75, 3.05) is 46.8 Å². The van der Waals surface area contributed by atoms with E-state index in [4.69, 9.17) is 24.2 Å². The Labute approximate surface area is 112 Å². The van der Waals surface area contributed by atoms with Crippen molar-refractivity contribution in [3.8, 4) is 11.9 Å². The molecule has 1 heterocycles. The van der Waals surface area contributed by atoms with Crippen LogP contribution in [0, 0.1) is 11.3 Å². The van der Waals surface area contributed by atoms with E-state index >= 15 is 0 Å². The van der Waals surface area contributed by atoms with Crippen LogP contribution in [0.1, 0.15) is 5.69 Å². The van der Waals surface area contributed by atoms with Crippen LogP contribution < -0.4 is 4.74 Å². The topological polar surface area (TPSA) is 73.6 Å². The lowest BCUT2D eigenvalue weighted by Crippen LogP contribution is -2.12. The van der Waals surface area contributed by atoms with Gasteiger partial charge in [-0.1, -0.05) is 6.07 Å². The van der Waals surface area contributed by atoms with E-state index in [9.17, 15) is 0 Å². The van der Waals surface area contributed by atoms with Gasteiger partial charge in [0.25, 0.3) is 0 Å². The van der Waals surface area contributed by atoms with Gasteiger partial charge in [0, 0.05) is 13.2 Å². The van der Waals surface area contributed by atoms with Gasteiger partial charge in [0.15, 0.2) is 0 Å². The highest BCUT2D eigenvalue weighted by atomic mass is 16.6. The van der Waals surface area contributed by atoms with Crippen LogP contribution in [-0.2, 0) is 14.2 Å². The van der Waals surface area contributed by atoms with E-state index in [0.717, 1.165) is 0 Å². The molecule has 6 heteroatoms. The molecule has 0 aliphatic carbocycles. The molecule has 0 N–H and O–H groups in total. The third kappa shape index (κ3) is 7.36. The Morgan fingerprint density at radius 3 is 2.42 bits per heavy atom. The Hall–Kier alpha value is -1.68. The number of nitriles is 1. The Kier molecular flexibility index (Phi) is 8.31. The fourth-order valence-electron chi connectivity index (χ4n) is 1.23. The van der Waals surface area contributed by atoms with E-state index in [0.29, 0.717) is 51.2 Å². The van der Waals surface area contributed by atoms with Gasteiger partial charge in [0.2, 0.25) is 5.88 Å². The number of methoxy groups -OCH3 is 1. The van der Waals surface area contributed by atoms with Gasteiger partial charge in [-0.15, -0.1) is 0 Å².